The fourth-order valence-electron chi connectivity index (χ4n) is 2.98. The highest BCUT2D eigenvalue weighted by Gasteiger charge is 2.20. The number of methoxy groups -OCH3 is 1. The summed E-state index contributed by atoms with van der Waals surface area (Å²) in [7, 11) is -0.254. The third-order valence-corrected chi connectivity index (χ3v) is 6.50. The van der Waals surface area contributed by atoms with Crippen LogP contribution >= 0.6 is 0 Å². The van der Waals surface area contributed by atoms with E-state index >= 15 is 0 Å². The van der Waals surface area contributed by atoms with Gasteiger partial charge < -0.3 is 4.74 Å². The molecular formula is C22H25N2O3S+. The summed E-state index contributed by atoms with van der Waals surface area (Å²) < 4.78 is 34.4. The molecule has 0 saturated heterocycles. The van der Waals surface area contributed by atoms with Gasteiger partial charge in [-0.15, -0.1) is 0 Å². The van der Waals surface area contributed by atoms with Crippen LogP contribution in [0.4, 0.5) is 0 Å². The Hall–Kier alpha value is -2.70. The number of aryl methyl sites for hydroxylation is 1. The Balaban J connectivity index is 1.67. The third-order valence-electron chi connectivity index (χ3n) is 4.63. The second-order valence-corrected chi connectivity index (χ2v) is 8.59. The van der Waals surface area contributed by atoms with E-state index < -0.39 is 10.0 Å². The molecule has 0 aliphatic carbocycles. The molecule has 0 spiro atoms. The molecular weight excluding hydrogens is 372 g/mol. The van der Waals surface area contributed by atoms with Gasteiger partial charge >= 0.3 is 0 Å². The number of hydrogen-bond donors (Lipinski definition) is 0. The Labute approximate surface area is 166 Å². The van der Waals surface area contributed by atoms with Crippen molar-refractivity contribution in [3.63, 3.8) is 0 Å². The monoisotopic (exact) mass is 397 g/mol. The molecule has 0 bridgehead atoms. The molecule has 1 aromatic heterocycles. The maximum Gasteiger partial charge on any atom is 0.242 e. The first kappa shape index (κ1) is 20.0. The number of ether oxygens (including phenoxy) is 1. The number of aromatic nitrogens is 1. The molecule has 5 nitrogen and oxygen atoms in total. The maximum absolute atomic E-state index is 12.8. The van der Waals surface area contributed by atoms with Gasteiger partial charge in [0.1, 0.15) is 12.3 Å². The molecule has 0 unspecified atom stereocenters. The van der Waals surface area contributed by atoms with Crippen molar-refractivity contribution in [2.45, 2.75) is 17.9 Å². The Kier molecular flexibility index (Phi) is 6.44. The molecule has 3 aromatic rings. The lowest BCUT2D eigenvalue weighted by molar-refractivity contribution is -0.697. The van der Waals surface area contributed by atoms with Crippen LogP contribution in [0.25, 0.3) is 11.1 Å². The Morgan fingerprint density at radius 3 is 2.32 bits per heavy atom. The fraction of sp³-hybridized carbons (Fsp3) is 0.227. The standard InChI is InChI=1S/C22H25N2O3S/c1-23(14-7-17-24-15-4-3-5-16-24)28(25,26)22-12-10-19(11-13-22)20-8-6-9-21(18-20)27-2/h3-6,8-13,15-16,18H,7,14,17H2,1-2H3/q+1. The van der Waals surface area contributed by atoms with Gasteiger partial charge in [0, 0.05) is 32.1 Å². The second kappa shape index (κ2) is 8.99. The zero-order valence-electron chi connectivity index (χ0n) is 16.2. The molecule has 3 rings (SSSR count). The van der Waals surface area contributed by atoms with Crippen molar-refractivity contribution < 1.29 is 17.7 Å². The number of rotatable bonds is 8. The second-order valence-electron chi connectivity index (χ2n) is 6.55. The van der Waals surface area contributed by atoms with Gasteiger partial charge in [0.25, 0.3) is 0 Å². The van der Waals surface area contributed by atoms with Gasteiger partial charge in [0.15, 0.2) is 12.4 Å². The molecule has 1 heterocycles. The lowest BCUT2D eigenvalue weighted by Crippen LogP contribution is -2.35. The predicted molar refractivity (Wildman–Crippen MR) is 109 cm³/mol. The zero-order chi connectivity index (χ0) is 20.0. The highest BCUT2D eigenvalue weighted by atomic mass is 32.2. The summed E-state index contributed by atoms with van der Waals surface area (Å²) in [5.74, 6) is 0.769. The molecule has 0 radical (unpaired) electrons. The Morgan fingerprint density at radius 2 is 1.64 bits per heavy atom. The highest BCUT2D eigenvalue weighted by Crippen LogP contribution is 2.25. The summed E-state index contributed by atoms with van der Waals surface area (Å²) in [5, 5.41) is 0. The maximum atomic E-state index is 12.8. The summed E-state index contributed by atoms with van der Waals surface area (Å²) in [6.07, 6.45) is 4.70. The number of sulfonamides is 1. The minimum Gasteiger partial charge on any atom is -0.497 e. The summed E-state index contributed by atoms with van der Waals surface area (Å²) in [5.41, 5.74) is 1.93. The van der Waals surface area contributed by atoms with Crippen molar-refractivity contribution in [3.05, 3.63) is 79.1 Å². The molecule has 2 aromatic carbocycles. The van der Waals surface area contributed by atoms with E-state index in [0.717, 1.165) is 29.8 Å². The Morgan fingerprint density at radius 1 is 0.929 bits per heavy atom. The molecule has 146 valence electrons. The average Bonchev–Trinajstić information content (AvgIpc) is 2.74. The third kappa shape index (κ3) is 4.77. The summed E-state index contributed by atoms with van der Waals surface area (Å²) >= 11 is 0. The van der Waals surface area contributed by atoms with Crippen molar-refractivity contribution in [2.75, 3.05) is 20.7 Å². The summed E-state index contributed by atoms with van der Waals surface area (Å²) in [4.78, 5) is 0.300. The average molecular weight is 398 g/mol. The van der Waals surface area contributed by atoms with Crippen LogP contribution in [0.3, 0.4) is 0 Å². The Bertz CT molecular complexity index is 1000. The van der Waals surface area contributed by atoms with E-state index in [2.05, 4.69) is 0 Å². The first-order chi connectivity index (χ1) is 13.5. The lowest BCUT2D eigenvalue weighted by atomic mass is 10.1. The van der Waals surface area contributed by atoms with E-state index in [0.29, 0.717) is 11.4 Å². The molecule has 0 fully saturated rings. The van der Waals surface area contributed by atoms with E-state index in [1.165, 1.54) is 4.31 Å². The van der Waals surface area contributed by atoms with Crippen LogP contribution in [0.5, 0.6) is 5.75 Å². The van der Waals surface area contributed by atoms with Crippen molar-refractivity contribution in [3.8, 4) is 16.9 Å². The molecule has 0 atom stereocenters. The first-order valence-corrected chi connectivity index (χ1v) is 10.6. The largest absolute Gasteiger partial charge is 0.497 e. The van der Waals surface area contributed by atoms with Crippen LogP contribution < -0.4 is 9.30 Å². The number of benzene rings is 2. The molecule has 0 aliphatic rings. The minimum absolute atomic E-state index is 0.300. The normalized spacial score (nSPS) is 11.5. The van der Waals surface area contributed by atoms with E-state index in [-0.39, 0.29) is 0 Å². The summed E-state index contributed by atoms with van der Waals surface area (Å²) in [6, 6.07) is 20.6. The smallest absolute Gasteiger partial charge is 0.242 e. The van der Waals surface area contributed by atoms with Crippen LogP contribution in [0.1, 0.15) is 6.42 Å². The van der Waals surface area contributed by atoms with E-state index in [4.69, 9.17) is 4.74 Å². The topological polar surface area (TPSA) is 50.5 Å². The van der Waals surface area contributed by atoms with Crippen LogP contribution in [-0.2, 0) is 16.6 Å². The highest BCUT2D eigenvalue weighted by molar-refractivity contribution is 7.89. The van der Waals surface area contributed by atoms with Crippen molar-refractivity contribution in [1.29, 1.82) is 0 Å². The van der Waals surface area contributed by atoms with Crippen molar-refractivity contribution >= 4 is 10.0 Å². The lowest BCUT2D eigenvalue weighted by Gasteiger charge is -2.16. The molecule has 0 N–H and O–H groups in total. The van der Waals surface area contributed by atoms with E-state index in [1.54, 1.807) is 26.3 Å². The first-order valence-electron chi connectivity index (χ1n) is 9.15. The van der Waals surface area contributed by atoms with Gasteiger partial charge in [0.2, 0.25) is 10.0 Å². The zero-order valence-corrected chi connectivity index (χ0v) is 17.0. The van der Waals surface area contributed by atoms with Crippen LogP contribution in [0.15, 0.2) is 84.0 Å². The van der Waals surface area contributed by atoms with Gasteiger partial charge in [-0.25, -0.2) is 17.3 Å². The predicted octanol–water partition coefficient (Wildman–Crippen LogP) is 3.36. The van der Waals surface area contributed by atoms with Gasteiger partial charge in [-0.1, -0.05) is 30.3 Å². The molecule has 0 amide bonds. The van der Waals surface area contributed by atoms with Crippen LogP contribution in [0, 0.1) is 0 Å². The minimum atomic E-state index is -3.51. The molecule has 0 saturated carbocycles. The van der Waals surface area contributed by atoms with Crippen molar-refractivity contribution in [1.82, 2.24) is 4.31 Å². The molecule has 28 heavy (non-hydrogen) atoms. The van der Waals surface area contributed by atoms with Crippen LogP contribution in [-0.4, -0.2) is 33.4 Å². The number of nitrogens with zero attached hydrogens (tertiary/aromatic N) is 2. The molecule has 6 heteroatoms. The quantitative estimate of drug-likeness (QED) is 0.548. The van der Waals surface area contributed by atoms with Crippen LogP contribution in [0.2, 0.25) is 0 Å². The number of pyridine rings is 1. The van der Waals surface area contributed by atoms with E-state index in [1.807, 2.05) is 71.6 Å². The van der Waals surface area contributed by atoms with Gasteiger partial charge in [-0.2, -0.15) is 0 Å². The fourth-order valence-corrected chi connectivity index (χ4v) is 4.19. The van der Waals surface area contributed by atoms with Gasteiger partial charge in [-0.3, -0.25) is 0 Å². The SMILES string of the molecule is COc1cccc(-c2ccc(S(=O)(=O)N(C)CCC[n+]3ccccc3)cc2)c1. The van der Waals surface area contributed by atoms with Gasteiger partial charge in [0.05, 0.1) is 12.0 Å². The van der Waals surface area contributed by atoms with Crippen molar-refractivity contribution in [2.24, 2.45) is 0 Å². The van der Waals surface area contributed by atoms with E-state index in [9.17, 15) is 8.42 Å². The van der Waals surface area contributed by atoms with Gasteiger partial charge in [-0.05, 0) is 35.4 Å². The molecule has 0 aliphatic heterocycles. The summed E-state index contributed by atoms with van der Waals surface area (Å²) in [6.45, 7) is 1.23. The number of hydrogen-bond acceptors (Lipinski definition) is 3.